The van der Waals surface area contributed by atoms with Crippen LogP contribution >= 0.6 is 0 Å². The van der Waals surface area contributed by atoms with E-state index in [4.69, 9.17) is 0 Å². The van der Waals surface area contributed by atoms with Gasteiger partial charge in [0, 0.05) is 31.0 Å². The molecule has 1 N–H and O–H groups in total. The van der Waals surface area contributed by atoms with Gasteiger partial charge in [-0.3, -0.25) is 0 Å². The second kappa shape index (κ2) is 6.78. The van der Waals surface area contributed by atoms with Gasteiger partial charge < -0.3 is 10.2 Å². The number of hydrogen-bond acceptors (Lipinski definition) is 2. The number of rotatable bonds is 6. The lowest BCUT2D eigenvalue weighted by molar-refractivity contribution is 0.626. The van der Waals surface area contributed by atoms with Crippen molar-refractivity contribution in [3.8, 4) is 0 Å². The zero-order chi connectivity index (χ0) is 13.5. The molecule has 0 saturated carbocycles. The van der Waals surface area contributed by atoms with E-state index in [1.165, 1.54) is 6.07 Å². The molecule has 0 amide bonds. The summed E-state index contributed by atoms with van der Waals surface area (Å²) in [6, 6.07) is 16.8. The van der Waals surface area contributed by atoms with Gasteiger partial charge in [0.15, 0.2) is 0 Å². The van der Waals surface area contributed by atoms with E-state index in [1.54, 1.807) is 12.1 Å². The topological polar surface area (TPSA) is 15.3 Å². The van der Waals surface area contributed by atoms with Gasteiger partial charge in [-0.1, -0.05) is 24.3 Å². The fourth-order valence-electron chi connectivity index (χ4n) is 2.03. The minimum atomic E-state index is -0.188. The first-order chi connectivity index (χ1) is 9.29. The van der Waals surface area contributed by atoms with Crippen LogP contribution in [0.25, 0.3) is 0 Å². The number of para-hydroxylation sites is 1. The fourth-order valence-corrected chi connectivity index (χ4v) is 2.03. The monoisotopic (exact) mass is 258 g/mol. The van der Waals surface area contributed by atoms with Crippen molar-refractivity contribution in [2.24, 2.45) is 0 Å². The molecular formula is C16H19FN2. The van der Waals surface area contributed by atoms with Crippen molar-refractivity contribution < 1.29 is 4.39 Å². The van der Waals surface area contributed by atoms with Crippen molar-refractivity contribution in [3.05, 3.63) is 60.4 Å². The third-order valence-corrected chi connectivity index (χ3v) is 3.04. The van der Waals surface area contributed by atoms with Gasteiger partial charge in [-0.05, 0) is 37.3 Å². The average Bonchev–Trinajstić information content (AvgIpc) is 2.45. The molecule has 0 aliphatic heterocycles. The Morgan fingerprint density at radius 1 is 1.05 bits per heavy atom. The van der Waals surface area contributed by atoms with Crippen molar-refractivity contribution in [2.75, 3.05) is 29.9 Å². The molecule has 0 bridgehead atoms. The second-order valence-corrected chi connectivity index (χ2v) is 4.35. The van der Waals surface area contributed by atoms with E-state index in [0.717, 1.165) is 31.0 Å². The van der Waals surface area contributed by atoms with E-state index in [0.29, 0.717) is 0 Å². The Hall–Kier alpha value is -2.03. The lowest BCUT2D eigenvalue weighted by Crippen LogP contribution is -2.28. The van der Waals surface area contributed by atoms with E-state index < -0.39 is 0 Å². The summed E-state index contributed by atoms with van der Waals surface area (Å²) in [6.07, 6.45) is 0. The predicted octanol–water partition coefficient (Wildman–Crippen LogP) is 3.76. The normalized spacial score (nSPS) is 10.2. The van der Waals surface area contributed by atoms with Crippen molar-refractivity contribution >= 4 is 11.4 Å². The molecule has 2 aromatic carbocycles. The Kier molecular flexibility index (Phi) is 4.78. The van der Waals surface area contributed by atoms with Gasteiger partial charge >= 0.3 is 0 Å². The van der Waals surface area contributed by atoms with Crippen LogP contribution in [0.4, 0.5) is 15.8 Å². The average molecular weight is 258 g/mol. The van der Waals surface area contributed by atoms with E-state index in [-0.39, 0.29) is 5.82 Å². The number of halogens is 1. The Morgan fingerprint density at radius 2 is 1.84 bits per heavy atom. The van der Waals surface area contributed by atoms with Crippen LogP contribution in [0.1, 0.15) is 6.92 Å². The highest BCUT2D eigenvalue weighted by atomic mass is 19.1. The first-order valence-electron chi connectivity index (χ1n) is 6.59. The maximum atomic E-state index is 13.2. The van der Waals surface area contributed by atoms with Crippen molar-refractivity contribution in [1.82, 2.24) is 0 Å². The van der Waals surface area contributed by atoms with Crippen LogP contribution < -0.4 is 10.2 Å². The summed E-state index contributed by atoms with van der Waals surface area (Å²) < 4.78 is 13.2. The van der Waals surface area contributed by atoms with Gasteiger partial charge in [0.1, 0.15) is 5.82 Å². The molecular weight excluding hydrogens is 239 g/mol. The number of anilines is 2. The van der Waals surface area contributed by atoms with Gasteiger partial charge in [-0.25, -0.2) is 4.39 Å². The molecule has 0 unspecified atom stereocenters. The molecule has 0 radical (unpaired) electrons. The largest absolute Gasteiger partial charge is 0.383 e. The molecule has 0 aromatic heterocycles. The minimum absolute atomic E-state index is 0.188. The highest BCUT2D eigenvalue weighted by molar-refractivity contribution is 5.47. The number of nitrogens with one attached hydrogen (secondary N) is 1. The molecule has 2 nitrogen and oxygen atoms in total. The Morgan fingerprint density at radius 3 is 2.53 bits per heavy atom. The summed E-state index contributed by atoms with van der Waals surface area (Å²) >= 11 is 0. The van der Waals surface area contributed by atoms with Crippen molar-refractivity contribution in [1.29, 1.82) is 0 Å². The van der Waals surface area contributed by atoms with Crippen LogP contribution in [0.15, 0.2) is 54.6 Å². The predicted molar refractivity (Wildman–Crippen MR) is 79.2 cm³/mol. The summed E-state index contributed by atoms with van der Waals surface area (Å²) in [5.74, 6) is -0.188. The van der Waals surface area contributed by atoms with E-state index >= 15 is 0 Å². The molecule has 0 spiro atoms. The number of benzene rings is 2. The molecule has 2 aromatic rings. The number of likely N-dealkylation sites (N-methyl/N-ethyl adjacent to an activating group) is 1. The second-order valence-electron chi connectivity index (χ2n) is 4.35. The zero-order valence-corrected chi connectivity index (χ0v) is 11.1. The van der Waals surface area contributed by atoms with Gasteiger partial charge in [0.05, 0.1) is 0 Å². The summed E-state index contributed by atoms with van der Waals surface area (Å²) in [4.78, 5) is 2.15. The lowest BCUT2D eigenvalue weighted by Gasteiger charge is -2.23. The zero-order valence-electron chi connectivity index (χ0n) is 11.1. The van der Waals surface area contributed by atoms with Crippen molar-refractivity contribution in [2.45, 2.75) is 6.92 Å². The summed E-state index contributed by atoms with van der Waals surface area (Å²) in [6.45, 7) is 4.61. The molecule has 0 aliphatic carbocycles. The molecule has 2 rings (SSSR count). The van der Waals surface area contributed by atoms with E-state index in [2.05, 4.69) is 17.1 Å². The highest BCUT2D eigenvalue weighted by Gasteiger charge is 2.04. The van der Waals surface area contributed by atoms with Crippen LogP contribution in [-0.2, 0) is 0 Å². The SMILES string of the molecule is CCN(CCNc1ccccc1)c1cccc(F)c1. The quantitative estimate of drug-likeness (QED) is 0.848. The smallest absolute Gasteiger partial charge is 0.125 e. The van der Waals surface area contributed by atoms with Gasteiger partial charge in [0.2, 0.25) is 0 Å². The summed E-state index contributed by atoms with van der Waals surface area (Å²) in [5.41, 5.74) is 2.04. The third kappa shape index (κ3) is 3.98. The molecule has 0 fully saturated rings. The molecule has 100 valence electrons. The van der Waals surface area contributed by atoms with E-state index in [1.807, 2.05) is 36.4 Å². The summed E-state index contributed by atoms with van der Waals surface area (Å²) in [5, 5.41) is 3.36. The summed E-state index contributed by atoms with van der Waals surface area (Å²) in [7, 11) is 0. The molecule has 19 heavy (non-hydrogen) atoms. The van der Waals surface area contributed by atoms with Crippen LogP contribution in [0.3, 0.4) is 0 Å². The Bertz CT molecular complexity index is 499. The Balaban J connectivity index is 1.89. The van der Waals surface area contributed by atoms with Crippen LogP contribution in [-0.4, -0.2) is 19.6 Å². The first-order valence-corrected chi connectivity index (χ1v) is 6.59. The van der Waals surface area contributed by atoms with Crippen LogP contribution in [0.5, 0.6) is 0 Å². The number of nitrogens with zero attached hydrogens (tertiary/aromatic N) is 1. The molecule has 0 heterocycles. The molecule has 0 atom stereocenters. The molecule has 3 heteroatoms. The maximum absolute atomic E-state index is 13.2. The fraction of sp³-hybridized carbons (Fsp3) is 0.250. The Labute approximate surface area is 113 Å². The van der Waals surface area contributed by atoms with Gasteiger partial charge in [-0.15, -0.1) is 0 Å². The third-order valence-electron chi connectivity index (χ3n) is 3.04. The van der Waals surface area contributed by atoms with Gasteiger partial charge in [0.25, 0.3) is 0 Å². The minimum Gasteiger partial charge on any atom is -0.383 e. The van der Waals surface area contributed by atoms with Gasteiger partial charge in [-0.2, -0.15) is 0 Å². The highest BCUT2D eigenvalue weighted by Crippen LogP contribution is 2.15. The van der Waals surface area contributed by atoms with E-state index in [9.17, 15) is 4.39 Å². The molecule has 0 saturated heterocycles. The van der Waals surface area contributed by atoms with Crippen LogP contribution in [0.2, 0.25) is 0 Å². The molecule has 0 aliphatic rings. The first kappa shape index (κ1) is 13.4. The van der Waals surface area contributed by atoms with Crippen LogP contribution in [0, 0.1) is 5.82 Å². The standard InChI is InChI=1S/C16H19FN2/c1-2-19(16-10-6-7-14(17)13-16)12-11-18-15-8-4-3-5-9-15/h3-10,13,18H,2,11-12H2,1H3. The number of hydrogen-bond donors (Lipinski definition) is 1. The van der Waals surface area contributed by atoms with Crippen molar-refractivity contribution in [3.63, 3.8) is 0 Å². The lowest BCUT2D eigenvalue weighted by atomic mass is 10.2. The maximum Gasteiger partial charge on any atom is 0.125 e.